The SMILES string of the molecule is COc1cccc(OCC(=O)N[C@H](c2ccccc2)c2nnc(N)s2)c1. The normalized spacial score (nSPS) is 11.6. The third-order valence-electron chi connectivity index (χ3n) is 3.55. The number of anilines is 1. The number of benzene rings is 2. The molecule has 0 radical (unpaired) electrons. The summed E-state index contributed by atoms with van der Waals surface area (Å²) in [6.45, 7) is -0.134. The number of nitrogens with two attached hydrogens (primary N) is 1. The molecule has 0 spiro atoms. The van der Waals surface area contributed by atoms with Gasteiger partial charge in [-0.15, -0.1) is 10.2 Å². The highest BCUT2D eigenvalue weighted by Crippen LogP contribution is 2.26. The minimum atomic E-state index is -0.438. The molecule has 0 aliphatic heterocycles. The van der Waals surface area contributed by atoms with Crippen LogP contribution in [0, 0.1) is 0 Å². The van der Waals surface area contributed by atoms with Crippen LogP contribution in [0.25, 0.3) is 0 Å². The van der Waals surface area contributed by atoms with Crippen LogP contribution in [0.15, 0.2) is 54.6 Å². The number of nitrogens with zero attached hydrogens (tertiary/aromatic N) is 2. The lowest BCUT2D eigenvalue weighted by Gasteiger charge is -2.17. The Labute approximate surface area is 154 Å². The van der Waals surface area contributed by atoms with Crippen LogP contribution in [0.3, 0.4) is 0 Å². The molecular weight excluding hydrogens is 352 g/mol. The first-order valence-corrected chi connectivity index (χ1v) is 8.67. The van der Waals surface area contributed by atoms with Crippen molar-refractivity contribution in [2.24, 2.45) is 0 Å². The van der Waals surface area contributed by atoms with Crippen LogP contribution < -0.4 is 20.5 Å². The summed E-state index contributed by atoms with van der Waals surface area (Å²) < 4.78 is 10.7. The topological polar surface area (TPSA) is 99.4 Å². The van der Waals surface area contributed by atoms with Crippen molar-refractivity contribution >= 4 is 22.4 Å². The molecule has 1 heterocycles. The Hall–Kier alpha value is -3.13. The van der Waals surface area contributed by atoms with Crippen molar-refractivity contribution in [3.05, 3.63) is 65.2 Å². The Morgan fingerprint density at radius 3 is 2.62 bits per heavy atom. The summed E-state index contributed by atoms with van der Waals surface area (Å²) in [6, 6.07) is 16.1. The van der Waals surface area contributed by atoms with Crippen molar-refractivity contribution < 1.29 is 14.3 Å². The molecule has 134 valence electrons. The second-order valence-corrected chi connectivity index (χ2v) is 6.40. The molecule has 2 aromatic carbocycles. The maximum atomic E-state index is 12.4. The highest BCUT2D eigenvalue weighted by Gasteiger charge is 2.21. The van der Waals surface area contributed by atoms with Gasteiger partial charge in [-0.25, -0.2) is 0 Å². The van der Waals surface area contributed by atoms with Crippen LogP contribution in [0.5, 0.6) is 11.5 Å². The van der Waals surface area contributed by atoms with Gasteiger partial charge in [0.1, 0.15) is 22.5 Å². The van der Waals surface area contributed by atoms with E-state index in [0.29, 0.717) is 21.6 Å². The molecule has 0 aliphatic carbocycles. The molecule has 0 aliphatic rings. The second-order valence-electron chi connectivity index (χ2n) is 5.36. The van der Waals surface area contributed by atoms with E-state index in [-0.39, 0.29) is 12.5 Å². The summed E-state index contributed by atoms with van der Waals surface area (Å²) >= 11 is 1.24. The zero-order valence-corrected chi connectivity index (χ0v) is 14.9. The fourth-order valence-electron chi connectivity index (χ4n) is 2.34. The molecule has 0 bridgehead atoms. The van der Waals surface area contributed by atoms with Crippen LogP contribution in [0.4, 0.5) is 5.13 Å². The number of hydrogen-bond donors (Lipinski definition) is 2. The smallest absolute Gasteiger partial charge is 0.258 e. The Morgan fingerprint density at radius 2 is 1.92 bits per heavy atom. The van der Waals surface area contributed by atoms with Gasteiger partial charge in [-0.1, -0.05) is 47.7 Å². The van der Waals surface area contributed by atoms with Crippen molar-refractivity contribution in [1.29, 1.82) is 0 Å². The van der Waals surface area contributed by atoms with Gasteiger partial charge in [0.05, 0.1) is 7.11 Å². The largest absolute Gasteiger partial charge is 0.497 e. The van der Waals surface area contributed by atoms with Crippen LogP contribution >= 0.6 is 11.3 Å². The van der Waals surface area contributed by atoms with Crippen LogP contribution in [0.2, 0.25) is 0 Å². The van der Waals surface area contributed by atoms with E-state index in [1.165, 1.54) is 11.3 Å². The Morgan fingerprint density at radius 1 is 1.15 bits per heavy atom. The third kappa shape index (κ3) is 4.48. The maximum Gasteiger partial charge on any atom is 0.258 e. The number of ether oxygens (including phenoxy) is 2. The number of carbonyl (C=O) groups excluding carboxylic acids is 1. The standard InChI is InChI=1S/C18H18N4O3S/c1-24-13-8-5-9-14(10-13)25-11-15(23)20-16(12-6-3-2-4-7-12)17-21-22-18(19)26-17/h2-10,16H,11H2,1H3,(H2,19,22)(H,20,23)/t16-/m1/s1. The van der Waals surface area contributed by atoms with Crippen molar-refractivity contribution in [3.63, 3.8) is 0 Å². The van der Waals surface area contributed by atoms with E-state index in [2.05, 4.69) is 15.5 Å². The molecule has 7 nitrogen and oxygen atoms in total. The third-order valence-corrected chi connectivity index (χ3v) is 4.37. The van der Waals surface area contributed by atoms with E-state index in [4.69, 9.17) is 15.2 Å². The molecule has 3 N–H and O–H groups in total. The quantitative estimate of drug-likeness (QED) is 0.663. The molecule has 0 saturated heterocycles. The van der Waals surface area contributed by atoms with Crippen molar-refractivity contribution in [2.45, 2.75) is 6.04 Å². The molecule has 8 heteroatoms. The van der Waals surface area contributed by atoms with Crippen LogP contribution in [-0.2, 0) is 4.79 Å². The van der Waals surface area contributed by atoms with Crippen LogP contribution in [-0.4, -0.2) is 29.8 Å². The van der Waals surface area contributed by atoms with E-state index in [1.807, 2.05) is 30.3 Å². The van der Waals surface area contributed by atoms with Gasteiger partial charge in [-0.3, -0.25) is 4.79 Å². The van der Waals surface area contributed by atoms with E-state index < -0.39 is 6.04 Å². The molecule has 0 saturated carbocycles. The van der Waals surface area contributed by atoms with Gasteiger partial charge >= 0.3 is 0 Å². The summed E-state index contributed by atoms with van der Waals surface area (Å²) in [4.78, 5) is 12.4. The fourth-order valence-corrected chi connectivity index (χ4v) is 3.03. The summed E-state index contributed by atoms with van der Waals surface area (Å²) in [5, 5.41) is 11.8. The zero-order chi connectivity index (χ0) is 18.4. The minimum Gasteiger partial charge on any atom is -0.497 e. The highest BCUT2D eigenvalue weighted by molar-refractivity contribution is 7.15. The summed E-state index contributed by atoms with van der Waals surface area (Å²) in [7, 11) is 1.57. The highest BCUT2D eigenvalue weighted by atomic mass is 32.1. The predicted molar refractivity (Wildman–Crippen MR) is 99.2 cm³/mol. The van der Waals surface area contributed by atoms with Crippen molar-refractivity contribution in [2.75, 3.05) is 19.5 Å². The maximum absolute atomic E-state index is 12.4. The molecule has 1 atom stereocenters. The fraction of sp³-hybridized carbons (Fsp3) is 0.167. The number of nitrogen functional groups attached to an aromatic ring is 1. The summed E-state index contributed by atoms with van der Waals surface area (Å²) in [5.74, 6) is 0.931. The van der Waals surface area contributed by atoms with E-state index >= 15 is 0 Å². The first kappa shape index (κ1) is 17.7. The monoisotopic (exact) mass is 370 g/mol. The Kier molecular flexibility index (Phi) is 5.65. The number of aromatic nitrogens is 2. The molecule has 3 rings (SSSR count). The number of carbonyl (C=O) groups is 1. The first-order chi connectivity index (χ1) is 12.7. The number of nitrogens with one attached hydrogen (secondary N) is 1. The number of methoxy groups -OCH3 is 1. The average Bonchev–Trinajstić information content (AvgIpc) is 3.11. The van der Waals surface area contributed by atoms with Gasteiger partial charge in [-0.2, -0.15) is 0 Å². The molecule has 0 fully saturated rings. The summed E-state index contributed by atoms with van der Waals surface area (Å²) in [6.07, 6.45) is 0. The van der Waals surface area contributed by atoms with Gasteiger partial charge in [0.25, 0.3) is 5.91 Å². The molecule has 1 amide bonds. The van der Waals surface area contributed by atoms with Gasteiger partial charge in [-0.05, 0) is 17.7 Å². The lowest BCUT2D eigenvalue weighted by Crippen LogP contribution is -2.33. The average molecular weight is 370 g/mol. The van der Waals surface area contributed by atoms with Gasteiger partial charge in [0.2, 0.25) is 5.13 Å². The molecule has 1 aromatic heterocycles. The second kappa shape index (κ2) is 8.30. The Bertz CT molecular complexity index is 870. The molecule has 3 aromatic rings. The molecule has 26 heavy (non-hydrogen) atoms. The number of rotatable bonds is 7. The van der Waals surface area contributed by atoms with E-state index in [0.717, 1.165) is 5.56 Å². The van der Waals surface area contributed by atoms with E-state index in [9.17, 15) is 4.79 Å². The number of hydrogen-bond acceptors (Lipinski definition) is 7. The van der Waals surface area contributed by atoms with Crippen molar-refractivity contribution in [1.82, 2.24) is 15.5 Å². The zero-order valence-electron chi connectivity index (χ0n) is 14.1. The first-order valence-electron chi connectivity index (χ1n) is 7.86. The van der Waals surface area contributed by atoms with Gasteiger partial charge < -0.3 is 20.5 Å². The number of amides is 1. The lowest BCUT2D eigenvalue weighted by molar-refractivity contribution is -0.123. The molecular formula is C18H18N4O3S. The summed E-state index contributed by atoms with van der Waals surface area (Å²) in [5.41, 5.74) is 6.57. The lowest BCUT2D eigenvalue weighted by atomic mass is 10.1. The van der Waals surface area contributed by atoms with Crippen LogP contribution in [0.1, 0.15) is 16.6 Å². The van der Waals surface area contributed by atoms with Crippen molar-refractivity contribution in [3.8, 4) is 11.5 Å². The predicted octanol–water partition coefficient (Wildman–Crippen LogP) is 2.41. The molecule has 0 unspecified atom stereocenters. The Balaban J connectivity index is 1.69. The minimum absolute atomic E-state index is 0.134. The van der Waals surface area contributed by atoms with Gasteiger partial charge in [0.15, 0.2) is 6.61 Å². The van der Waals surface area contributed by atoms with Gasteiger partial charge in [0, 0.05) is 6.07 Å². The van der Waals surface area contributed by atoms with E-state index in [1.54, 1.807) is 31.4 Å².